The van der Waals surface area contributed by atoms with E-state index in [1.54, 1.807) is 0 Å². The van der Waals surface area contributed by atoms with Gasteiger partial charge in [0.1, 0.15) is 9.88 Å². The predicted molar refractivity (Wildman–Crippen MR) is 114 cm³/mol. The molecule has 1 aliphatic heterocycles. The summed E-state index contributed by atoms with van der Waals surface area (Å²) < 4.78 is 0. The lowest BCUT2D eigenvalue weighted by molar-refractivity contribution is 0.0665. The largest absolute Gasteiger partial charge is 0.338 e. The number of hydrogen-bond donors (Lipinski definition) is 1. The molecule has 2 atom stereocenters. The first kappa shape index (κ1) is 23.2. The van der Waals surface area contributed by atoms with Crippen LogP contribution in [0.2, 0.25) is 5.02 Å². The van der Waals surface area contributed by atoms with Gasteiger partial charge in [-0.1, -0.05) is 23.7 Å². The van der Waals surface area contributed by atoms with Gasteiger partial charge in [-0.3, -0.25) is 4.79 Å². The summed E-state index contributed by atoms with van der Waals surface area (Å²) in [7, 11) is 0. The van der Waals surface area contributed by atoms with Crippen molar-refractivity contribution in [2.24, 2.45) is 11.7 Å². The van der Waals surface area contributed by atoms with E-state index in [0.717, 1.165) is 47.1 Å². The molecule has 1 fully saturated rings. The van der Waals surface area contributed by atoms with Crippen molar-refractivity contribution in [3.05, 3.63) is 39.9 Å². The fourth-order valence-corrected chi connectivity index (χ4v) is 4.24. The van der Waals surface area contributed by atoms with Crippen LogP contribution < -0.4 is 5.73 Å². The van der Waals surface area contributed by atoms with Crippen molar-refractivity contribution in [1.29, 1.82) is 0 Å². The molecule has 0 saturated carbocycles. The third kappa shape index (κ3) is 5.11. The van der Waals surface area contributed by atoms with Crippen LogP contribution >= 0.6 is 47.8 Å². The van der Waals surface area contributed by atoms with Crippen molar-refractivity contribution in [2.45, 2.75) is 32.7 Å². The van der Waals surface area contributed by atoms with Crippen molar-refractivity contribution < 1.29 is 4.79 Å². The second-order valence-electron chi connectivity index (χ2n) is 6.45. The first-order valence-corrected chi connectivity index (χ1v) is 9.43. The number of nitrogens with zero attached hydrogens (tertiary/aromatic N) is 2. The van der Waals surface area contributed by atoms with Gasteiger partial charge >= 0.3 is 0 Å². The van der Waals surface area contributed by atoms with E-state index in [1.807, 2.05) is 43.0 Å². The molecule has 0 radical (unpaired) electrons. The van der Waals surface area contributed by atoms with Gasteiger partial charge in [0.15, 0.2) is 0 Å². The molecular weight excluding hydrogens is 413 g/mol. The number of benzene rings is 1. The Balaban J connectivity index is 0.00000169. The zero-order valence-corrected chi connectivity index (χ0v) is 18.0. The van der Waals surface area contributed by atoms with Gasteiger partial charge < -0.3 is 10.6 Å². The highest BCUT2D eigenvalue weighted by molar-refractivity contribution is 7.17. The molecule has 2 N–H and O–H groups in total. The van der Waals surface area contributed by atoms with E-state index in [1.165, 1.54) is 11.3 Å². The van der Waals surface area contributed by atoms with Crippen LogP contribution in [0, 0.1) is 12.8 Å². The summed E-state index contributed by atoms with van der Waals surface area (Å²) in [6, 6.07) is 7.66. The van der Waals surface area contributed by atoms with E-state index in [0.29, 0.717) is 10.9 Å². The van der Waals surface area contributed by atoms with Gasteiger partial charge in [0.2, 0.25) is 0 Å². The molecule has 0 spiro atoms. The zero-order chi connectivity index (χ0) is 17.3. The second kappa shape index (κ2) is 9.90. The van der Waals surface area contributed by atoms with Gasteiger partial charge in [-0.2, -0.15) is 0 Å². The molecule has 1 aliphatic rings. The highest BCUT2D eigenvalue weighted by Gasteiger charge is 2.28. The third-order valence-electron chi connectivity index (χ3n) is 4.57. The van der Waals surface area contributed by atoms with Gasteiger partial charge in [0, 0.05) is 29.7 Å². The molecule has 2 heterocycles. The molecule has 144 valence electrons. The number of aromatic nitrogens is 1. The number of carbonyl (C=O) groups excluding carboxylic acids is 1. The molecule has 0 bridgehead atoms. The lowest BCUT2D eigenvalue weighted by Gasteiger charge is -2.34. The number of hydrogen-bond acceptors (Lipinski definition) is 4. The third-order valence-corrected chi connectivity index (χ3v) is 6.02. The minimum Gasteiger partial charge on any atom is -0.338 e. The maximum Gasteiger partial charge on any atom is 0.265 e. The van der Waals surface area contributed by atoms with Crippen LogP contribution in [-0.2, 0) is 0 Å². The number of amides is 1. The summed E-state index contributed by atoms with van der Waals surface area (Å²) in [5.41, 5.74) is 7.81. The van der Waals surface area contributed by atoms with E-state index in [2.05, 4.69) is 4.98 Å². The number of carbonyl (C=O) groups is 1. The van der Waals surface area contributed by atoms with Crippen LogP contribution in [0.3, 0.4) is 0 Å². The fraction of sp³-hybridized carbons (Fsp3) is 0.444. The molecule has 4 nitrogen and oxygen atoms in total. The minimum absolute atomic E-state index is 0. The number of halogens is 3. The molecule has 3 rings (SSSR count). The SMILES string of the molecule is Cc1nc(-c2ccc(Cl)cc2)sc1C(=O)N1CCCC(C(C)N)C1.Cl.Cl. The Bertz CT molecular complexity index is 734. The molecule has 2 unspecified atom stereocenters. The van der Waals surface area contributed by atoms with E-state index in [9.17, 15) is 4.79 Å². The molecule has 8 heteroatoms. The maximum atomic E-state index is 12.9. The fourth-order valence-electron chi connectivity index (χ4n) is 3.08. The Kier molecular flexibility index (Phi) is 8.83. The molecule has 1 aromatic heterocycles. The highest BCUT2D eigenvalue weighted by Crippen LogP contribution is 2.30. The molecule has 1 aromatic carbocycles. The van der Waals surface area contributed by atoms with Crippen molar-refractivity contribution >= 4 is 53.7 Å². The van der Waals surface area contributed by atoms with Gasteiger partial charge in [-0.25, -0.2) is 4.98 Å². The second-order valence-corrected chi connectivity index (χ2v) is 7.89. The number of rotatable bonds is 3. The molecule has 2 aromatic rings. The molecule has 1 amide bonds. The average molecular weight is 437 g/mol. The summed E-state index contributed by atoms with van der Waals surface area (Å²) in [6.07, 6.45) is 2.11. The van der Waals surface area contributed by atoms with Crippen molar-refractivity contribution in [1.82, 2.24) is 9.88 Å². The van der Waals surface area contributed by atoms with E-state index in [4.69, 9.17) is 17.3 Å². The van der Waals surface area contributed by atoms with Crippen LogP contribution in [0.5, 0.6) is 0 Å². The summed E-state index contributed by atoms with van der Waals surface area (Å²) in [4.78, 5) is 20.2. The van der Waals surface area contributed by atoms with Crippen LogP contribution in [0.15, 0.2) is 24.3 Å². The Morgan fingerprint density at radius 1 is 1.35 bits per heavy atom. The summed E-state index contributed by atoms with van der Waals surface area (Å²) >= 11 is 7.39. The Morgan fingerprint density at radius 2 is 2.00 bits per heavy atom. The molecule has 26 heavy (non-hydrogen) atoms. The summed E-state index contributed by atoms with van der Waals surface area (Å²) in [5.74, 6) is 0.460. The van der Waals surface area contributed by atoms with Gasteiger partial charge in [0.05, 0.1) is 5.69 Å². The number of aryl methyl sites for hydroxylation is 1. The standard InChI is InChI=1S/C18H22ClN3OS.2ClH/c1-11(20)14-4-3-9-22(10-14)18(23)16-12(2)21-17(24-16)13-5-7-15(19)8-6-13;;/h5-8,11,14H,3-4,9-10,20H2,1-2H3;2*1H. The lowest BCUT2D eigenvalue weighted by atomic mass is 9.92. The van der Waals surface area contributed by atoms with E-state index >= 15 is 0 Å². The highest BCUT2D eigenvalue weighted by atomic mass is 35.5. The molecule has 1 saturated heterocycles. The Morgan fingerprint density at radius 3 is 2.62 bits per heavy atom. The Labute approximate surface area is 175 Å². The lowest BCUT2D eigenvalue weighted by Crippen LogP contribution is -2.45. The topological polar surface area (TPSA) is 59.2 Å². The van der Waals surface area contributed by atoms with Crippen molar-refractivity contribution in [3.8, 4) is 10.6 Å². The maximum absolute atomic E-state index is 12.9. The minimum atomic E-state index is 0. The number of nitrogens with two attached hydrogens (primary N) is 1. The zero-order valence-electron chi connectivity index (χ0n) is 14.8. The number of piperidine rings is 1. The first-order valence-electron chi connectivity index (χ1n) is 8.24. The Hall–Kier alpha value is -0.850. The van der Waals surface area contributed by atoms with Crippen LogP contribution in [0.1, 0.15) is 35.1 Å². The van der Waals surface area contributed by atoms with Crippen LogP contribution in [-0.4, -0.2) is 34.9 Å². The molecular formula is C18H24Cl3N3OS. The average Bonchev–Trinajstić information content (AvgIpc) is 2.96. The molecule has 0 aliphatic carbocycles. The number of likely N-dealkylation sites (tertiary alicyclic amines) is 1. The first-order chi connectivity index (χ1) is 11.5. The van der Waals surface area contributed by atoms with Crippen LogP contribution in [0.25, 0.3) is 10.6 Å². The van der Waals surface area contributed by atoms with Gasteiger partial charge in [0.25, 0.3) is 5.91 Å². The quantitative estimate of drug-likeness (QED) is 0.750. The summed E-state index contributed by atoms with van der Waals surface area (Å²) in [5, 5.41) is 1.55. The van der Waals surface area contributed by atoms with E-state index < -0.39 is 0 Å². The van der Waals surface area contributed by atoms with Crippen molar-refractivity contribution in [3.63, 3.8) is 0 Å². The predicted octanol–water partition coefficient (Wildman–Crippen LogP) is 4.81. The normalized spacial score (nSPS) is 17.8. The van der Waals surface area contributed by atoms with Crippen LogP contribution in [0.4, 0.5) is 0 Å². The summed E-state index contributed by atoms with van der Waals surface area (Å²) in [6.45, 7) is 5.46. The van der Waals surface area contributed by atoms with E-state index in [-0.39, 0.29) is 36.8 Å². The van der Waals surface area contributed by atoms with Crippen molar-refractivity contribution in [2.75, 3.05) is 13.1 Å². The monoisotopic (exact) mass is 435 g/mol. The van der Waals surface area contributed by atoms with Gasteiger partial charge in [-0.05, 0) is 44.7 Å². The number of thiazole rings is 1. The van der Waals surface area contributed by atoms with Gasteiger partial charge in [-0.15, -0.1) is 36.2 Å². The smallest absolute Gasteiger partial charge is 0.265 e.